The van der Waals surface area contributed by atoms with Crippen molar-refractivity contribution in [2.24, 2.45) is 0 Å². The molecule has 0 amide bonds. The molecule has 0 saturated carbocycles. The molecule has 0 heterocycles. The van der Waals surface area contributed by atoms with Gasteiger partial charge in [0.2, 0.25) is 0 Å². The predicted octanol–water partition coefficient (Wildman–Crippen LogP) is 16.7. The largest absolute Gasteiger partial charge is 0.311 e. The molecule has 0 spiro atoms. The minimum Gasteiger partial charge on any atom is -0.311 e. The van der Waals surface area contributed by atoms with E-state index in [-0.39, 0.29) is 10.8 Å². The number of anilines is 3. The zero-order valence-corrected chi connectivity index (χ0v) is 36.1. The lowest BCUT2D eigenvalue weighted by Crippen LogP contribution is -2.14. The second-order valence-electron chi connectivity index (χ2n) is 18.2. The van der Waals surface area contributed by atoms with Crippen molar-refractivity contribution >= 4 is 17.1 Å². The third kappa shape index (κ3) is 6.14. The summed E-state index contributed by atoms with van der Waals surface area (Å²) in [5, 5.41) is 0. The van der Waals surface area contributed by atoms with E-state index in [1.54, 1.807) is 0 Å². The normalized spacial score (nSPS) is 13.8. The number of hydrogen-bond acceptors (Lipinski definition) is 1. The summed E-state index contributed by atoms with van der Waals surface area (Å²) in [5.74, 6) is 0. The van der Waals surface area contributed by atoms with Gasteiger partial charge in [-0.15, -0.1) is 0 Å². The van der Waals surface area contributed by atoms with Crippen molar-refractivity contribution in [3.05, 3.63) is 234 Å². The third-order valence-corrected chi connectivity index (χ3v) is 13.9. The number of benzene rings is 9. The van der Waals surface area contributed by atoms with Gasteiger partial charge in [0.05, 0.1) is 0 Å². The van der Waals surface area contributed by atoms with Crippen LogP contribution in [0.5, 0.6) is 0 Å². The molecule has 11 rings (SSSR count). The van der Waals surface area contributed by atoms with Gasteiger partial charge < -0.3 is 4.90 Å². The van der Waals surface area contributed by atoms with Crippen LogP contribution in [0, 0.1) is 6.92 Å². The topological polar surface area (TPSA) is 3.24 Å². The minimum absolute atomic E-state index is 0.0410. The highest BCUT2D eigenvalue weighted by atomic mass is 15.1. The van der Waals surface area contributed by atoms with Crippen molar-refractivity contribution in [3.63, 3.8) is 0 Å². The Balaban J connectivity index is 0.942. The molecular weight excluding hydrogens is 747 g/mol. The summed E-state index contributed by atoms with van der Waals surface area (Å²) in [6.07, 6.45) is 0. The molecule has 62 heavy (non-hydrogen) atoms. The second kappa shape index (κ2) is 14.5. The fraction of sp³-hybridized carbons (Fsp3) is 0.115. The van der Waals surface area contributed by atoms with E-state index in [1.807, 2.05) is 0 Å². The molecule has 1 nitrogen and oxygen atoms in total. The highest BCUT2D eigenvalue weighted by Crippen LogP contribution is 2.51. The molecule has 0 atom stereocenters. The summed E-state index contributed by atoms with van der Waals surface area (Å²) in [7, 11) is 0. The van der Waals surface area contributed by atoms with Crippen LogP contribution in [0.3, 0.4) is 0 Å². The Bertz CT molecular complexity index is 3000. The highest BCUT2D eigenvalue weighted by molar-refractivity contribution is 5.87. The van der Waals surface area contributed by atoms with Gasteiger partial charge in [0, 0.05) is 27.9 Å². The summed E-state index contributed by atoms with van der Waals surface area (Å²) in [5.41, 5.74) is 25.4. The van der Waals surface area contributed by atoms with Crippen molar-refractivity contribution in [2.45, 2.75) is 45.4 Å². The number of hydrogen-bond donors (Lipinski definition) is 0. The number of nitrogens with zero attached hydrogens (tertiary/aromatic N) is 1. The van der Waals surface area contributed by atoms with Crippen molar-refractivity contribution in [1.29, 1.82) is 0 Å². The van der Waals surface area contributed by atoms with E-state index in [4.69, 9.17) is 0 Å². The first kappa shape index (κ1) is 37.8. The lowest BCUT2D eigenvalue weighted by Gasteiger charge is -2.26. The van der Waals surface area contributed by atoms with Crippen molar-refractivity contribution in [1.82, 2.24) is 0 Å². The molecule has 9 aromatic rings. The second-order valence-corrected chi connectivity index (χ2v) is 18.2. The van der Waals surface area contributed by atoms with Gasteiger partial charge in [-0.05, 0) is 150 Å². The van der Waals surface area contributed by atoms with Gasteiger partial charge in [0.25, 0.3) is 0 Å². The van der Waals surface area contributed by atoms with Crippen LogP contribution >= 0.6 is 0 Å². The molecule has 2 aliphatic carbocycles. The molecule has 1 heteroatoms. The van der Waals surface area contributed by atoms with E-state index in [2.05, 4.69) is 246 Å². The molecule has 9 aromatic carbocycles. The molecule has 0 saturated heterocycles. The lowest BCUT2D eigenvalue weighted by atomic mass is 9.81. The van der Waals surface area contributed by atoms with E-state index in [0.717, 1.165) is 17.1 Å². The smallest absolute Gasteiger partial charge is 0.0462 e. The average molecular weight is 796 g/mol. The summed E-state index contributed by atoms with van der Waals surface area (Å²) < 4.78 is 0. The summed E-state index contributed by atoms with van der Waals surface area (Å²) in [6, 6.07) is 76.5. The van der Waals surface area contributed by atoms with Crippen molar-refractivity contribution in [3.8, 4) is 66.8 Å². The van der Waals surface area contributed by atoms with Gasteiger partial charge >= 0.3 is 0 Å². The van der Waals surface area contributed by atoms with Crippen LogP contribution in [-0.2, 0) is 10.8 Å². The summed E-state index contributed by atoms with van der Waals surface area (Å²) in [6.45, 7) is 11.6. The van der Waals surface area contributed by atoms with E-state index < -0.39 is 0 Å². The van der Waals surface area contributed by atoms with Crippen LogP contribution in [0.25, 0.3) is 66.8 Å². The van der Waals surface area contributed by atoms with E-state index in [1.165, 1.54) is 94.6 Å². The van der Waals surface area contributed by atoms with Crippen molar-refractivity contribution < 1.29 is 0 Å². The maximum atomic E-state index is 2.41. The molecule has 0 bridgehead atoms. The van der Waals surface area contributed by atoms with Gasteiger partial charge in [-0.1, -0.05) is 185 Å². The zero-order valence-electron chi connectivity index (χ0n) is 36.1. The number of fused-ring (bicyclic) bond motifs is 6. The Morgan fingerprint density at radius 1 is 0.274 bits per heavy atom. The van der Waals surface area contributed by atoms with Crippen LogP contribution in [0.15, 0.2) is 206 Å². The van der Waals surface area contributed by atoms with Crippen molar-refractivity contribution in [2.75, 3.05) is 4.90 Å². The van der Waals surface area contributed by atoms with E-state index in [9.17, 15) is 0 Å². The number of aryl methyl sites for hydroxylation is 1. The first-order valence-electron chi connectivity index (χ1n) is 21.9. The van der Waals surface area contributed by atoms with Crippen LogP contribution in [0.2, 0.25) is 0 Å². The molecule has 0 N–H and O–H groups in total. The predicted molar refractivity (Wildman–Crippen MR) is 263 cm³/mol. The van der Waals surface area contributed by atoms with E-state index in [0.29, 0.717) is 0 Å². The Hall–Kier alpha value is -7.22. The zero-order chi connectivity index (χ0) is 42.2. The monoisotopic (exact) mass is 795 g/mol. The van der Waals surface area contributed by atoms with Gasteiger partial charge in [-0.3, -0.25) is 0 Å². The van der Waals surface area contributed by atoms with Gasteiger partial charge in [-0.25, -0.2) is 0 Å². The van der Waals surface area contributed by atoms with Crippen LogP contribution in [-0.4, -0.2) is 0 Å². The fourth-order valence-electron chi connectivity index (χ4n) is 10.4. The molecule has 2 aliphatic rings. The summed E-state index contributed by atoms with van der Waals surface area (Å²) in [4.78, 5) is 2.38. The molecular formula is C61H49N. The first-order chi connectivity index (χ1) is 30.1. The lowest BCUT2D eigenvalue weighted by molar-refractivity contribution is 0.660. The standard InChI is InChI=1S/C61H49N/c1-40-37-45(25-34-51(40)44-13-7-6-8-14-44)41-19-28-48(29-20-41)62(49-30-21-42(22-31-49)46-26-35-54-52-15-9-11-17-56(52)60(2,3)58(54)38-46)50-32-23-43(24-33-50)47-27-36-55-53-16-10-12-18-57(53)61(4,5)59(55)39-47/h6-39H,1-5H3. The number of rotatable bonds is 7. The van der Waals surface area contributed by atoms with Crippen LogP contribution < -0.4 is 4.90 Å². The SMILES string of the molecule is Cc1cc(-c2ccc(N(c3ccc(-c4ccc5c(c4)C(C)(C)c4ccccc4-5)cc3)c3ccc(-c4ccc5c(c4)C(C)(C)c4ccccc4-5)cc3)cc2)ccc1-c1ccccc1. The van der Waals surface area contributed by atoms with Crippen LogP contribution in [0.1, 0.15) is 55.5 Å². The molecule has 298 valence electrons. The Morgan fingerprint density at radius 2 is 0.613 bits per heavy atom. The Kier molecular flexibility index (Phi) is 8.81. The van der Waals surface area contributed by atoms with Crippen LogP contribution in [0.4, 0.5) is 17.1 Å². The Morgan fingerprint density at radius 3 is 1.03 bits per heavy atom. The summed E-state index contributed by atoms with van der Waals surface area (Å²) >= 11 is 0. The third-order valence-electron chi connectivity index (χ3n) is 13.9. The van der Waals surface area contributed by atoms with Gasteiger partial charge in [0.15, 0.2) is 0 Å². The van der Waals surface area contributed by atoms with Gasteiger partial charge in [0.1, 0.15) is 0 Å². The van der Waals surface area contributed by atoms with E-state index >= 15 is 0 Å². The molecule has 0 radical (unpaired) electrons. The molecule has 0 aromatic heterocycles. The maximum Gasteiger partial charge on any atom is 0.0462 e. The minimum atomic E-state index is -0.0410. The molecule has 0 unspecified atom stereocenters. The molecule has 0 fully saturated rings. The fourth-order valence-corrected chi connectivity index (χ4v) is 10.4. The van der Waals surface area contributed by atoms with Gasteiger partial charge in [-0.2, -0.15) is 0 Å². The highest BCUT2D eigenvalue weighted by Gasteiger charge is 2.36. The average Bonchev–Trinajstić information content (AvgIpc) is 3.69. The maximum absolute atomic E-state index is 2.41. The quantitative estimate of drug-likeness (QED) is 0.155. The Labute approximate surface area is 366 Å². The molecule has 0 aliphatic heterocycles. The first-order valence-corrected chi connectivity index (χ1v) is 21.9.